The van der Waals surface area contributed by atoms with Gasteiger partial charge in [-0.3, -0.25) is 14.3 Å². The molecule has 0 aliphatic carbocycles. The van der Waals surface area contributed by atoms with Gasteiger partial charge in [-0.15, -0.1) is 5.10 Å². The largest absolute Gasteiger partial charge is 0.395 e. The number of piperazine rings is 1. The number of hydrogen-bond donors (Lipinski definition) is 3. The van der Waals surface area contributed by atoms with Crippen molar-refractivity contribution in [1.29, 1.82) is 0 Å². The summed E-state index contributed by atoms with van der Waals surface area (Å²) in [7, 11) is 0. The zero-order chi connectivity index (χ0) is 34.3. The van der Waals surface area contributed by atoms with Crippen LogP contribution in [0, 0.1) is 5.92 Å². The van der Waals surface area contributed by atoms with E-state index in [-0.39, 0.29) is 30.9 Å². The molecule has 48 heavy (non-hydrogen) atoms. The van der Waals surface area contributed by atoms with Crippen molar-refractivity contribution in [2.75, 3.05) is 42.6 Å². The summed E-state index contributed by atoms with van der Waals surface area (Å²) in [5.74, 6) is -1.21. The van der Waals surface area contributed by atoms with Crippen molar-refractivity contribution in [2.45, 2.75) is 65.0 Å². The molecule has 2 aromatic carbocycles. The normalized spacial score (nSPS) is 19.6. The number of aryl methyl sites for hydroxylation is 1. The van der Waals surface area contributed by atoms with Gasteiger partial charge in [0.15, 0.2) is 5.60 Å². The molecule has 3 N–H and O–H groups in total. The predicted molar refractivity (Wildman–Crippen MR) is 189 cm³/mol. The number of carbonyl (C=O) groups excluding carboxylic acids is 2. The molecule has 254 valence electrons. The Kier molecular flexibility index (Phi) is 11.4. The van der Waals surface area contributed by atoms with Crippen LogP contribution in [0.15, 0.2) is 90.2 Å². The Balaban J connectivity index is 1.33. The van der Waals surface area contributed by atoms with Gasteiger partial charge in [0.1, 0.15) is 0 Å². The molecular weight excluding hydrogens is 604 g/mol. The van der Waals surface area contributed by atoms with Crippen molar-refractivity contribution >= 4 is 23.2 Å². The van der Waals surface area contributed by atoms with Crippen molar-refractivity contribution in [1.82, 2.24) is 20.3 Å². The van der Waals surface area contributed by atoms with Crippen LogP contribution in [0.2, 0.25) is 0 Å². The zero-order valence-corrected chi connectivity index (χ0v) is 28.5. The van der Waals surface area contributed by atoms with E-state index in [1.165, 1.54) is 11.1 Å². The summed E-state index contributed by atoms with van der Waals surface area (Å²) in [6.07, 6.45) is 12.4. The quantitative estimate of drug-likeness (QED) is 0.213. The van der Waals surface area contributed by atoms with Gasteiger partial charge >= 0.3 is 0 Å². The van der Waals surface area contributed by atoms with Crippen molar-refractivity contribution in [2.24, 2.45) is 5.92 Å². The molecule has 2 aliphatic rings. The Morgan fingerprint density at radius 1 is 1.08 bits per heavy atom. The van der Waals surface area contributed by atoms with Crippen LogP contribution in [0.25, 0.3) is 0 Å². The van der Waals surface area contributed by atoms with Crippen molar-refractivity contribution in [3.05, 3.63) is 107 Å². The fraction of sp³-hybridized carbons (Fsp3) is 0.421. The molecule has 3 heterocycles. The van der Waals surface area contributed by atoms with Gasteiger partial charge in [0.05, 0.1) is 30.5 Å². The van der Waals surface area contributed by atoms with Crippen LogP contribution in [0.4, 0.5) is 11.4 Å². The minimum Gasteiger partial charge on any atom is -0.395 e. The van der Waals surface area contributed by atoms with Crippen LogP contribution in [-0.2, 0) is 21.7 Å². The number of benzene rings is 2. The number of nitrogens with one attached hydrogen (secondary N) is 1. The number of rotatable bonds is 14. The third-order valence-corrected chi connectivity index (χ3v) is 9.27. The standard InChI is InChI=1S/C38H48N6O4/c1-27(2)11-10-12-28(3)18-21-44-35-17-16-31(43-22-19-39-24-36(43)46)23-33(35)38(48,37(44)47)29(4)13-8-9-20-42-25-34(40-41-42)32(26-45)30-14-6-5-7-15-30/h5-8,11,13-18,23,25,29,32,39,45,48H,9-10,12,19-22,24,26H2,1-4H3/b13-8+,28-18+/t29-,32?,38+/m0/s1. The minimum absolute atomic E-state index is 0.0425. The first kappa shape index (κ1) is 34.9. The van der Waals surface area contributed by atoms with E-state index in [1.807, 2.05) is 73.8 Å². The monoisotopic (exact) mass is 652 g/mol. The molecule has 0 spiro atoms. The molecule has 2 amide bonds. The van der Waals surface area contributed by atoms with E-state index in [1.54, 1.807) is 14.5 Å². The smallest absolute Gasteiger partial charge is 0.264 e. The van der Waals surface area contributed by atoms with E-state index in [0.29, 0.717) is 55.2 Å². The lowest BCUT2D eigenvalue weighted by molar-refractivity contribution is -0.139. The SMILES string of the molecule is CC(C)=CCC/C(C)=C/CN1C(=O)[C@@](O)([C@@H](C)/C=C/CCn2cc(C(CO)c3ccccc3)nn2)c2cc(N3CCNCC3=O)ccc21. The van der Waals surface area contributed by atoms with Crippen LogP contribution in [0.1, 0.15) is 69.7 Å². The van der Waals surface area contributed by atoms with Gasteiger partial charge in [0.2, 0.25) is 5.91 Å². The van der Waals surface area contributed by atoms with Gasteiger partial charge in [-0.05, 0) is 63.8 Å². The maximum absolute atomic E-state index is 14.1. The van der Waals surface area contributed by atoms with Crippen LogP contribution in [-0.4, -0.2) is 69.8 Å². The Bertz CT molecular complexity index is 1670. The topological polar surface area (TPSA) is 124 Å². The van der Waals surface area contributed by atoms with E-state index in [4.69, 9.17) is 0 Å². The first-order valence-corrected chi connectivity index (χ1v) is 16.8. The second kappa shape index (κ2) is 15.7. The number of carbonyl (C=O) groups is 2. The summed E-state index contributed by atoms with van der Waals surface area (Å²) in [6, 6.07) is 15.3. The van der Waals surface area contributed by atoms with Gasteiger partial charge in [-0.25, -0.2) is 0 Å². The van der Waals surface area contributed by atoms with Crippen LogP contribution < -0.4 is 15.1 Å². The van der Waals surface area contributed by atoms with E-state index < -0.39 is 11.5 Å². The molecule has 0 saturated carbocycles. The molecule has 3 aromatic rings. The lowest BCUT2D eigenvalue weighted by atomic mass is 9.82. The number of aromatic nitrogens is 3. The number of allylic oxidation sites excluding steroid dienone is 4. The molecule has 1 unspecified atom stereocenters. The third-order valence-electron chi connectivity index (χ3n) is 9.27. The number of fused-ring (bicyclic) bond motifs is 1. The number of nitrogens with zero attached hydrogens (tertiary/aromatic N) is 5. The maximum atomic E-state index is 14.1. The second-order valence-corrected chi connectivity index (χ2v) is 13.0. The van der Waals surface area contributed by atoms with Crippen LogP contribution in [0.5, 0.6) is 0 Å². The highest BCUT2D eigenvalue weighted by atomic mass is 16.3. The molecule has 0 bridgehead atoms. The first-order valence-electron chi connectivity index (χ1n) is 16.8. The summed E-state index contributed by atoms with van der Waals surface area (Å²) in [6.45, 7) is 10.4. The number of anilines is 2. The molecule has 10 heteroatoms. The highest BCUT2D eigenvalue weighted by Crippen LogP contribution is 2.46. The molecular formula is C38H48N6O4. The molecule has 3 atom stereocenters. The van der Waals surface area contributed by atoms with E-state index in [2.05, 4.69) is 48.6 Å². The Hall–Kier alpha value is -4.38. The second-order valence-electron chi connectivity index (χ2n) is 13.0. The molecule has 5 rings (SSSR count). The molecule has 1 fully saturated rings. The lowest BCUT2D eigenvalue weighted by Gasteiger charge is -2.30. The molecule has 2 aliphatic heterocycles. The number of aliphatic hydroxyl groups is 2. The summed E-state index contributed by atoms with van der Waals surface area (Å²) in [5, 5.41) is 33.9. The highest BCUT2D eigenvalue weighted by molar-refractivity contribution is 6.08. The zero-order valence-electron chi connectivity index (χ0n) is 28.5. The summed E-state index contributed by atoms with van der Waals surface area (Å²) in [5.41, 5.74) is 4.19. The summed E-state index contributed by atoms with van der Waals surface area (Å²) >= 11 is 0. The van der Waals surface area contributed by atoms with Gasteiger partial charge in [-0.1, -0.05) is 77.9 Å². The van der Waals surface area contributed by atoms with Crippen molar-refractivity contribution in [3.63, 3.8) is 0 Å². The molecule has 1 saturated heterocycles. The minimum atomic E-state index is -1.80. The summed E-state index contributed by atoms with van der Waals surface area (Å²) < 4.78 is 1.74. The maximum Gasteiger partial charge on any atom is 0.264 e. The average molecular weight is 653 g/mol. The Labute approximate surface area is 283 Å². The Morgan fingerprint density at radius 3 is 2.60 bits per heavy atom. The van der Waals surface area contributed by atoms with Gasteiger partial charge in [0, 0.05) is 49.5 Å². The van der Waals surface area contributed by atoms with Crippen molar-refractivity contribution < 1.29 is 19.8 Å². The highest BCUT2D eigenvalue weighted by Gasteiger charge is 2.52. The van der Waals surface area contributed by atoms with Crippen LogP contribution in [0.3, 0.4) is 0 Å². The van der Waals surface area contributed by atoms with E-state index in [0.717, 1.165) is 18.4 Å². The number of aliphatic hydroxyl groups excluding tert-OH is 1. The van der Waals surface area contributed by atoms with E-state index in [9.17, 15) is 19.8 Å². The first-order chi connectivity index (χ1) is 23.1. The fourth-order valence-electron chi connectivity index (χ4n) is 6.39. The van der Waals surface area contributed by atoms with E-state index >= 15 is 0 Å². The van der Waals surface area contributed by atoms with Gasteiger partial charge in [-0.2, -0.15) is 0 Å². The third kappa shape index (κ3) is 7.67. The molecule has 1 aromatic heterocycles. The fourth-order valence-corrected chi connectivity index (χ4v) is 6.39. The number of amides is 2. The van der Waals surface area contributed by atoms with Gasteiger partial charge < -0.3 is 25.3 Å². The van der Waals surface area contributed by atoms with Crippen molar-refractivity contribution in [3.8, 4) is 0 Å². The number of hydrogen-bond acceptors (Lipinski definition) is 7. The average Bonchev–Trinajstić information content (AvgIpc) is 3.63. The Morgan fingerprint density at radius 2 is 1.88 bits per heavy atom. The predicted octanol–water partition coefficient (Wildman–Crippen LogP) is 4.85. The molecule has 10 nitrogen and oxygen atoms in total. The lowest BCUT2D eigenvalue weighted by Crippen LogP contribution is -2.48. The van der Waals surface area contributed by atoms with Gasteiger partial charge in [0.25, 0.3) is 5.91 Å². The molecule has 0 radical (unpaired) electrons. The summed E-state index contributed by atoms with van der Waals surface area (Å²) in [4.78, 5) is 30.2. The van der Waals surface area contributed by atoms with Crippen LogP contribution >= 0.6 is 0 Å².